The van der Waals surface area contributed by atoms with Gasteiger partial charge < -0.3 is 5.32 Å². The zero-order chi connectivity index (χ0) is 21.0. The molecule has 7 nitrogen and oxygen atoms in total. The Morgan fingerprint density at radius 2 is 2.03 bits per heavy atom. The number of sulfone groups is 1. The molecule has 0 bridgehead atoms. The van der Waals surface area contributed by atoms with Gasteiger partial charge >= 0.3 is 0 Å². The summed E-state index contributed by atoms with van der Waals surface area (Å²) in [6.07, 6.45) is 2.26. The number of carbonyl (C=O) groups is 3. The predicted octanol–water partition coefficient (Wildman–Crippen LogP) is 2.07. The highest BCUT2D eigenvalue weighted by molar-refractivity contribution is 8.18. The second-order valence-corrected chi connectivity index (χ2v) is 11.4. The van der Waals surface area contributed by atoms with Gasteiger partial charge in [-0.15, -0.1) is 11.8 Å². The maximum atomic E-state index is 12.5. The van der Waals surface area contributed by atoms with E-state index in [1.165, 1.54) is 11.8 Å². The number of nitrogens with zero attached hydrogens (tertiary/aromatic N) is 1. The molecule has 2 saturated heterocycles. The lowest BCUT2D eigenvalue weighted by molar-refractivity contribution is -0.123. The van der Waals surface area contributed by atoms with Crippen LogP contribution in [0.1, 0.15) is 17.5 Å². The molecule has 1 aromatic carbocycles. The van der Waals surface area contributed by atoms with E-state index in [1.54, 1.807) is 6.08 Å². The molecular weight excluding hydrogens is 432 g/mol. The van der Waals surface area contributed by atoms with Crippen LogP contribution in [0.4, 0.5) is 4.79 Å². The maximum Gasteiger partial charge on any atom is 0.293 e. The van der Waals surface area contributed by atoms with Gasteiger partial charge in [0.2, 0.25) is 5.91 Å². The second-order valence-electron chi connectivity index (χ2n) is 6.93. The summed E-state index contributed by atoms with van der Waals surface area (Å²) in [6, 6.07) is 7.64. The van der Waals surface area contributed by atoms with E-state index in [9.17, 15) is 22.8 Å². The van der Waals surface area contributed by atoms with Gasteiger partial charge in [0.15, 0.2) is 9.84 Å². The number of thioether (sulfide) groups is 2. The Morgan fingerprint density at radius 1 is 1.31 bits per heavy atom. The third-order valence-corrected chi connectivity index (χ3v) is 8.74. The lowest BCUT2D eigenvalue weighted by Crippen LogP contribution is -2.38. The van der Waals surface area contributed by atoms with Crippen LogP contribution in [0.2, 0.25) is 0 Å². The Bertz CT molecular complexity index is 941. The lowest BCUT2D eigenvalue weighted by Gasteiger charge is -2.13. The van der Waals surface area contributed by atoms with E-state index < -0.39 is 9.84 Å². The van der Waals surface area contributed by atoms with Crippen LogP contribution in [0.3, 0.4) is 0 Å². The highest BCUT2D eigenvalue weighted by Crippen LogP contribution is 2.32. The van der Waals surface area contributed by atoms with Gasteiger partial charge in [-0.3, -0.25) is 19.3 Å². The largest absolute Gasteiger partial charge is 0.354 e. The van der Waals surface area contributed by atoms with Crippen molar-refractivity contribution in [2.75, 3.05) is 30.3 Å². The molecule has 10 heteroatoms. The molecule has 2 fully saturated rings. The molecule has 0 saturated carbocycles. The first-order chi connectivity index (χ1) is 13.7. The minimum atomic E-state index is -2.96. The van der Waals surface area contributed by atoms with Crippen LogP contribution >= 0.6 is 23.5 Å². The van der Waals surface area contributed by atoms with E-state index in [0.29, 0.717) is 11.3 Å². The molecule has 156 valence electrons. The Hall–Kier alpha value is -1.78. The monoisotopic (exact) mass is 454 g/mol. The van der Waals surface area contributed by atoms with Crippen LogP contribution in [0.25, 0.3) is 6.08 Å². The molecule has 1 aromatic rings. The second kappa shape index (κ2) is 9.36. The van der Waals surface area contributed by atoms with E-state index in [2.05, 4.69) is 5.32 Å². The highest BCUT2D eigenvalue weighted by Gasteiger charge is 2.34. The number of carbonyl (C=O) groups excluding carboxylic acids is 3. The van der Waals surface area contributed by atoms with Gasteiger partial charge in [0.1, 0.15) is 0 Å². The number of nitrogens with one attached hydrogen (secondary N) is 1. The molecule has 29 heavy (non-hydrogen) atoms. The van der Waals surface area contributed by atoms with Crippen LogP contribution in [0.15, 0.2) is 29.2 Å². The van der Waals surface area contributed by atoms with Gasteiger partial charge in [0.25, 0.3) is 11.1 Å². The third-order valence-electron chi connectivity index (χ3n) is 4.55. The fraction of sp³-hybridized carbons (Fsp3) is 0.421. The Balaban J connectivity index is 1.44. The van der Waals surface area contributed by atoms with Crippen molar-refractivity contribution in [2.45, 2.75) is 18.6 Å². The lowest BCUT2D eigenvalue weighted by atomic mass is 10.1. The van der Waals surface area contributed by atoms with Crippen LogP contribution in [0, 0.1) is 6.92 Å². The number of hydrogen-bond donors (Lipinski definition) is 1. The standard InChI is InChI=1S/C19H22N2O5S3/c1-13-2-4-14(5-3-13)10-16-18(23)21(19(24)28-16)8-7-20-17(22)11-27-15-6-9-29(25,26)12-15/h2-5,10,15H,6-9,11-12H2,1H3,(H,20,22). The van der Waals surface area contributed by atoms with E-state index in [0.717, 1.165) is 27.8 Å². The summed E-state index contributed by atoms with van der Waals surface area (Å²) in [5.74, 6) is -0.131. The van der Waals surface area contributed by atoms with Gasteiger partial charge in [-0.05, 0) is 36.7 Å². The first-order valence-corrected chi connectivity index (χ1v) is 12.8. The van der Waals surface area contributed by atoms with Crippen molar-refractivity contribution in [3.8, 4) is 0 Å². The first-order valence-electron chi connectivity index (χ1n) is 9.14. The van der Waals surface area contributed by atoms with Crippen molar-refractivity contribution >= 4 is 56.5 Å². The average Bonchev–Trinajstić information content (AvgIpc) is 3.15. The zero-order valence-corrected chi connectivity index (χ0v) is 18.4. The highest BCUT2D eigenvalue weighted by atomic mass is 32.2. The van der Waals surface area contributed by atoms with Crippen molar-refractivity contribution in [3.63, 3.8) is 0 Å². The quantitative estimate of drug-likeness (QED) is 0.630. The molecule has 2 aliphatic rings. The summed E-state index contributed by atoms with van der Waals surface area (Å²) >= 11 is 2.22. The van der Waals surface area contributed by atoms with Crippen LogP contribution in [-0.2, 0) is 19.4 Å². The van der Waals surface area contributed by atoms with E-state index in [4.69, 9.17) is 0 Å². The van der Waals surface area contributed by atoms with E-state index >= 15 is 0 Å². The molecule has 0 spiro atoms. The van der Waals surface area contributed by atoms with Crippen molar-refractivity contribution < 1.29 is 22.8 Å². The molecule has 0 aliphatic carbocycles. The number of hydrogen-bond acceptors (Lipinski definition) is 7. The van der Waals surface area contributed by atoms with Crippen molar-refractivity contribution in [3.05, 3.63) is 40.3 Å². The molecule has 1 atom stereocenters. The Labute approximate surface area is 178 Å². The van der Waals surface area contributed by atoms with Crippen LogP contribution in [0.5, 0.6) is 0 Å². The molecule has 1 N–H and O–H groups in total. The Kier molecular flexibility index (Phi) is 7.07. The molecule has 2 heterocycles. The van der Waals surface area contributed by atoms with E-state index in [1.807, 2.05) is 31.2 Å². The smallest absolute Gasteiger partial charge is 0.293 e. The predicted molar refractivity (Wildman–Crippen MR) is 116 cm³/mol. The maximum absolute atomic E-state index is 12.5. The molecule has 3 rings (SSSR count). The summed E-state index contributed by atoms with van der Waals surface area (Å²) < 4.78 is 22.9. The zero-order valence-electron chi connectivity index (χ0n) is 15.9. The summed E-state index contributed by atoms with van der Waals surface area (Å²) in [7, 11) is -2.96. The fourth-order valence-electron chi connectivity index (χ4n) is 2.95. The third kappa shape index (κ3) is 6.10. The minimum Gasteiger partial charge on any atom is -0.354 e. The normalized spacial score (nSPS) is 22.4. The number of amides is 3. The molecule has 1 unspecified atom stereocenters. The SMILES string of the molecule is Cc1ccc(C=C2SC(=O)N(CCNC(=O)CSC3CCS(=O)(=O)C3)C2=O)cc1. The van der Waals surface area contributed by atoms with Gasteiger partial charge in [-0.2, -0.15) is 0 Å². The number of rotatable bonds is 7. The molecular formula is C19H22N2O5S3. The van der Waals surface area contributed by atoms with Gasteiger partial charge in [0, 0.05) is 18.3 Å². The molecule has 0 radical (unpaired) electrons. The van der Waals surface area contributed by atoms with Gasteiger partial charge in [-0.1, -0.05) is 29.8 Å². The first kappa shape index (κ1) is 21.9. The molecule has 0 aromatic heterocycles. The van der Waals surface area contributed by atoms with Crippen molar-refractivity contribution in [1.29, 1.82) is 0 Å². The Morgan fingerprint density at radius 3 is 2.69 bits per heavy atom. The summed E-state index contributed by atoms with van der Waals surface area (Å²) in [5, 5.41) is 2.29. The van der Waals surface area contributed by atoms with E-state index in [-0.39, 0.29) is 52.7 Å². The van der Waals surface area contributed by atoms with Gasteiger partial charge in [-0.25, -0.2) is 8.42 Å². The summed E-state index contributed by atoms with van der Waals surface area (Å²) in [6.45, 7) is 2.24. The number of imide groups is 1. The topological polar surface area (TPSA) is 101 Å². The van der Waals surface area contributed by atoms with Crippen molar-refractivity contribution in [1.82, 2.24) is 10.2 Å². The number of aryl methyl sites for hydroxylation is 1. The average molecular weight is 455 g/mol. The number of benzene rings is 1. The fourth-order valence-corrected chi connectivity index (χ4v) is 7.29. The van der Waals surface area contributed by atoms with Crippen molar-refractivity contribution in [2.24, 2.45) is 0 Å². The van der Waals surface area contributed by atoms with Crippen LogP contribution < -0.4 is 5.32 Å². The van der Waals surface area contributed by atoms with Gasteiger partial charge in [0.05, 0.1) is 22.2 Å². The van der Waals surface area contributed by atoms with Crippen LogP contribution in [-0.4, -0.2) is 66.0 Å². The molecule has 2 aliphatic heterocycles. The summed E-state index contributed by atoms with van der Waals surface area (Å²) in [5.41, 5.74) is 1.96. The minimum absolute atomic E-state index is 0.0432. The summed E-state index contributed by atoms with van der Waals surface area (Å²) in [4.78, 5) is 38.0. The molecule has 3 amide bonds.